The molecular weight excluding hydrogens is 324 g/mol. The number of nitrogens with one attached hydrogen (secondary N) is 1. The Morgan fingerprint density at radius 1 is 1.12 bits per heavy atom. The van der Waals surface area contributed by atoms with Crippen molar-refractivity contribution in [3.63, 3.8) is 0 Å². The number of nitro groups is 1. The zero-order valence-corrected chi connectivity index (χ0v) is 13.1. The first-order valence-corrected chi connectivity index (χ1v) is 7.54. The van der Waals surface area contributed by atoms with Crippen LogP contribution in [0.15, 0.2) is 59.1 Å². The number of anilines is 1. The second-order valence-electron chi connectivity index (χ2n) is 5.23. The van der Waals surface area contributed by atoms with E-state index in [-0.39, 0.29) is 18.0 Å². The molecule has 0 aliphatic heterocycles. The van der Waals surface area contributed by atoms with E-state index in [0.717, 1.165) is 5.56 Å². The summed E-state index contributed by atoms with van der Waals surface area (Å²) in [6, 6.07) is 15.0. The summed E-state index contributed by atoms with van der Waals surface area (Å²) in [7, 11) is 0. The van der Waals surface area contributed by atoms with E-state index in [9.17, 15) is 14.9 Å². The molecule has 8 heteroatoms. The molecule has 0 fully saturated rings. The molecule has 2 aromatic carbocycles. The van der Waals surface area contributed by atoms with E-state index in [1.54, 1.807) is 0 Å². The summed E-state index contributed by atoms with van der Waals surface area (Å²) in [4.78, 5) is 26.3. The van der Waals surface area contributed by atoms with Gasteiger partial charge < -0.3 is 9.84 Å². The van der Waals surface area contributed by atoms with Gasteiger partial charge in [0.2, 0.25) is 17.6 Å². The minimum atomic E-state index is -0.495. The number of hydrogen-bond acceptors (Lipinski definition) is 6. The van der Waals surface area contributed by atoms with E-state index in [4.69, 9.17) is 4.52 Å². The normalized spacial score (nSPS) is 10.4. The maximum absolute atomic E-state index is 11.9. The molecule has 0 unspecified atom stereocenters. The van der Waals surface area contributed by atoms with Crippen molar-refractivity contribution in [3.05, 3.63) is 70.6 Å². The van der Waals surface area contributed by atoms with Crippen molar-refractivity contribution in [1.82, 2.24) is 10.1 Å². The molecule has 0 aliphatic rings. The van der Waals surface area contributed by atoms with Gasteiger partial charge in [-0.1, -0.05) is 35.5 Å². The molecule has 0 saturated carbocycles. The van der Waals surface area contributed by atoms with Gasteiger partial charge in [-0.2, -0.15) is 4.98 Å². The highest BCUT2D eigenvalue weighted by molar-refractivity contribution is 5.90. The lowest BCUT2D eigenvalue weighted by Gasteiger charge is -2.03. The van der Waals surface area contributed by atoms with E-state index < -0.39 is 4.92 Å². The average Bonchev–Trinajstić information content (AvgIpc) is 3.10. The topological polar surface area (TPSA) is 111 Å². The fourth-order valence-electron chi connectivity index (χ4n) is 2.17. The molecule has 0 saturated heterocycles. The van der Waals surface area contributed by atoms with Crippen molar-refractivity contribution in [2.75, 3.05) is 5.32 Å². The summed E-state index contributed by atoms with van der Waals surface area (Å²) >= 11 is 0. The number of aryl methyl sites for hydroxylation is 1. The summed E-state index contributed by atoms with van der Waals surface area (Å²) in [6.45, 7) is 0. The number of rotatable bonds is 6. The summed E-state index contributed by atoms with van der Waals surface area (Å²) in [6.07, 6.45) is 0.464. The highest BCUT2D eigenvalue weighted by atomic mass is 16.6. The van der Waals surface area contributed by atoms with Crippen molar-refractivity contribution in [2.45, 2.75) is 12.8 Å². The molecule has 8 nitrogen and oxygen atoms in total. The maximum Gasteiger partial charge on any atom is 0.269 e. The van der Waals surface area contributed by atoms with Crippen LogP contribution in [0.5, 0.6) is 0 Å². The zero-order chi connectivity index (χ0) is 17.6. The molecule has 0 spiro atoms. The first-order chi connectivity index (χ1) is 12.1. The number of non-ortho nitro benzene ring substituents is 1. The van der Waals surface area contributed by atoms with Gasteiger partial charge >= 0.3 is 0 Å². The fraction of sp³-hybridized carbons (Fsp3) is 0.118. The highest BCUT2D eigenvalue weighted by Crippen LogP contribution is 2.17. The van der Waals surface area contributed by atoms with Crippen LogP contribution in [0.25, 0.3) is 11.4 Å². The SMILES string of the molecule is O=C(CCc1nc(-c2ccccc2)no1)Nc1ccc([N+](=O)[O-])cc1. The molecule has 3 aromatic rings. The van der Waals surface area contributed by atoms with Gasteiger partial charge in [0.05, 0.1) is 4.92 Å². The molecule has 126 valence electrons. The van der Waals surface area contributed by atoms with Gasteiger partial charge in [-0.3, -0.25) is 14.9 Å². The molecule has 1 N–H and O–H groups in total. The summed E-state index contributed by atoms with van der Waals surface area (Å²) in [5.74, 6) is 0.609. The van der Waals surface area contributed by atoms with Crippen LogP contribution < -0.4 is 5.32 Å². The molecule has 1 heterocycles. The predicted molar refractivity (Wildman–Crippen MR) is 89.8 cm³/mol. The molecule has 0 atom stereocenters. The van der Waals surface area contributed by atoms with E-state index in [0.29, 0.717) is 23.8 Å². The number of aromatic nitrogens is 2. The van der Waals surface area contributed by atoms with Gasteiger partial charge in [0.25, 0.3) is 5.69 Å². The molecule has 3 rings (SSSR count). The third-order valence-corrected chi connectivity index (χ3v) is 3.43. The third kappa shape index (κ3) is 4.25. The fourth-order valence-corrected chi connectivity index (χ4v) is 2.17. The lowest BCUT2D eigenvalue weighted by molar-refractivity contribution is -0.384. The van der Waals surface area contributed by atoms with Gasteiger partial charge in [0.15, 0.2) is 0 Å². The van der Waals surface area contributed by atoms with Gasteiger partial charge in [0.1, 0.15) is 0 Å². The second-order valence-corrected chi connectivity index (χ2v) is 5.23. The Hall–Kier alpha value is -3.55. The Morgan fingerprint density at radius 3 is 2.52 bits per heavy atom. The first-order valence-electron chi connectivity index (χ1n) is 7.54. The molecule has 1 amide bonds. The molecule has 1 aromatic heterocycles. The van der Waals surface area contributed by atoms with E-state index in [2.05, 4.69) is 15.5 Å². The smallest absolute Gasteiger partial charge is 0.269 e. The quantitative estimate of drug-likeness (QED) is 0.545. The second kappa shape index (κ2) is 7.35. The number of carbonyl (C=O) groups excluding carboxylic acids is 1. The number of amides is 1. The van der Waals surface area contributed by atoms with Crippen molar-refractivity contribution in [1.29, 1.82) is 0 Å². The summed E-state index contributed by atoms with van der Waals surface area (Å²) in [5.41, 5.74) is 1.30. The highest BCUT2D eigenvalue weighted by Gasteiger charge is 2.11. The Bertz CT molecular complexity index is 875. The Kier molecular flexibility index (Phi) is 4.79. The van der Waals surface area contributed by atoms with E-state index in [1.165, 1.54) is 24.3 Å². The van der Waals surface area contributed by atoms with Crippen LogP contribution in [0.4, 0.5) is 11.4 Å². The summed E-state index contributed by atoms with van der Waals surface area (Å²) < 4.78 is 5.15. The summed E-state index contributed by atoms with van der Waals surface area (Å²) in [5, 5.41) is 17.2. The van der Waals surface area contributed by atoms with Crippen molar-refractivity contribution < 1.29 is 14.2 Å². The largest absolute Gasteiger partial charge is 0.339 e. The Balaban J connectivity index is 1.54. The van der Waals surface area contributed by atoms with Gasteiger partial charge in [-0.25, -0.2) is 0 Å². The molecule has 0 radical (unpaired) electrons. The number of nitro benzene ring substituents is 1. The van der Waals surface area contributed by atoms with Crippen molar-refractivity contribution in [3.8, 4) is 11.4 Å². The zero-order valence-electron chi connectivity index (χ0n) is 13.1. The molecule has 0 aliphatic carbocycles. The number of nitrogens with zero attached hydrogens (tertiary/aromatic N) is 3. The lowest BCUT2D eigenvalue weighted by Crippen LogP contribution is -2.12. The van der Waals surface area contributed by atoms with E-state index in [1.807, 2.05) is 30.3 Å². The van der Waals surface area contributed by atoms with Crippen LogP contribution in [0, 0.1) is 10.1 Å². The van der Waals surface area contributed by atoms with Crippen LogP contribution in [-0.2, 0) is 11.2 Å². The van der Waals surface area contributed by atoms with Gasteiger partial charge in [-0.05, 0) is 12.1 Å². The Morgan fingerprint density at radius 2 is 1.84 bits per heavy atom. The van der Waals surface area contributed by atoms with Crippen molar-refractivity contribution in [2.24, 2.45) is 0 Å². The monoisotopic (exact) mass is 338 g/mol. The number of carbonyl (C=O) groups is 1. The van der Waals surface area contributed by atoms with Crippen LogP contribution in [0.3, 0.4) is 0 Å². The van der Waals surface area contributed by atoms with Gasteiger partial charge in [-0.15, -0.1) is 0 Å². The minimum absolute atomic E-state index is 0.0303. The van der Waals surface area contributed by atoms with E-state index >= 15 is 0 Å². The average molecular weight is 338 g/mol. The molecular formula is C17H14N4O4. The third-order valence-electron chi connectivity index (χ3n) is 3.43. The van der Waals surface area contributed by atoms with Gasteiger partial charge in [0, 0.05) is 36.2 Å². The predicted octanol–water partition coefficient (Wildman–Crippen LogP) is 3.22. The number of benzene rings is 2. The first kappa shape index (κ1) is 16.3. The maximum atomic E-state index is 11.9. The van der Waals surface area contributed by atoms with Crippen molar-refractivity contribution >= 4 is 17.3 Å². The molecule has 0 bridgehead atoms. The Labute approximate surface area is 142 Å². The van der Waals surface area contributed by atoms with Crippen LogP contribution >= 0.6 is 0 Å². The lowest BCUT2D eigenvalue weighted by atomic mass is 10.2. The molecule has 25 heavy (non-hydrogen) atoms. The van der Waals surface area contributed by atoms with Crippen LogP contribution in [-0.4, -0.2) is 21.0 Å². The standard InChI is InChI=1S/C17H14N4O4/c22-15(18-13-6-8-14(9-7-13)21(23)24)10-11-16-19-17(20-25-16)12-4-2-1-3-5-12/h1-9H,10-11H2,(H,18,22). The minimum Gasteiger partial charge on any atom is -0.339 e. The van der Waals surface area contributed by atoms with Crippen LogP contribution in [0.2, 0.25) is 0 Å². The van der Waals surface area contributed by atoms with Crippen LogP contribution in [0.1, 0.15) is 12.3 Å². The number of hydrogen-bond donors (Lipinski definition) is 1.